The van der Waals surface area contributed by atoms with Gasteiger partial charge in [-0.3, -0.25) is 9.48 Å². The van der Waals surface area contributed by atoms with Gasteiger partial charge in [0.15, 0.2) is 0 Å². The van der Waals surface area contributed by atoms with E-state index in [1.54, 1.807) is 5.01 Å². The molecule has 4 aliphatic carbocycles. The number of nitrogens with zero attached hydrogens (tertiary/aromatic N) is 4. The summed E-state index contributed by atoms with van der Waals surface area (Å²) in [7, 11) is 0. The number of hydrogen-bond donors (Lipinski definition) is 0. The van der Waals surface area contributed by atoms with E-state index in [0.717, 1.165) is 46.1 Å². The Kier molecular flexibility index (Phi) is 5.47. The highest BCUT2D eigenvalue weighted by Crippen LogP contribution is 2.60. The molecule has 1 aliphatic heterocycles. The van der Waals surface area contributed by atoms with Gasteiger partial charge in [0.05, 0.1) is 29.2 Å². The van der Waals surface area contributed by atoms with E-state index in [4.69, 9.17) is 5.10 Å². The maximum atomic E-state index is 13.6. The highest BCUT2D eigenvalue weighted by molar-refractivity contribution is 6.32. The Morgan fingerprint density at radius 1 is 0.895 bits per heavy atom. The molecule has 0 atom stereocenters. The summed E-state index contributed by atoms with van der Waals surface area (Å²) in [6, 6.07) is 19.1. The molecular weight excluding hydrogens is 468 g/mol. The minimum absolute atomic E-state index is 0.0698. The number of anilines is 1. The van der Waals surface area contributed by atoms with Gasteiger partial charge in [-0.15, -0.1) is 0 Å². The van der Waals surface area contributed by atoms with E-state index in [1.165, 1.54) is 49.7 Å². The first-order chi connectivity index (χ1) is 18.4. The Labute approximate surface area is 225 Å². The van der Waals surface area contributed by atoms with Gasteiger partial charge in [-0.1, -0.05) is 42.5 Å². The highest BCUT2D eigenvalue weighted by atomic mass is 16.2. The molecule has 1 aromatic heterocycles. The molecule has 4 saturated carbocycles. The number of amides is 1. The molecule has 0 unspecified atom stereocenters. The second-order valence-corrected chi connectivity index (χ2v) is 12.3. The highest BCUT2D eigenvalue weighted by Gasteiger charge is 2.51. The molecule has 5 heteroatoms. The molecule has 4 fully saturated rings. The summed E-state index contributed by atoms with van der Waals surface area (Å²) in [4.78, 5) is 13.6. The number of rotatable bonds is 5. The smallest absolute Gasteiger partial charge is 0.267 e. The molecule has 194 valence electrons. The van der Waals surface area contributed by atoms with Crippen LogP contribution >= 0.6 is 0 Å². The average molecular weight is 505 g/mol. The first kappa shape index (κ1) is 23.6. The summed E-state index contributed by atoms with van der Waals surface area (Å²) in [6.45, 7) is 6.71. The summed E-state index contributed by atoms with van der Waals surface area (Å²) in [6.07, 6.45) is 10.4. The van der Waals surface area contributed by atoms with Crippen molar-refractivity contribution in [2.45, 2.75) is 71.3 Å². The summed E-state index contributed by atoms with van der Waals surface area (Å²) in [5.41, 5.74) is 8.24. The number of hydrogen-bond acceptors (Lipinski definition) is 3. The summed E-state index contributed by atoms with van der Waals surface area (Å²) < 4.78 is 2.02. The molecule has 5 nitrogen and oxygen atoms in total. The van der Waals surface area contributed by atoms with Crippen molar-refractivity contribution in [1.82, 2.24) is 9.78 Å². The monoisotopic (exact) mass is 504 g/mol. The minimum atomic E-state index is -0.0698. The molecule has 0 saturated heterocycles. The Morgan fingerprint density at radius 2 is 1.53 bits per heavy atom. The van der Waals surface area contributed by atoms with Crippen molar-refractivity contribution in [2.24, 2.45) is 22.9 Å². The number of carbonyl (C=O) groups excluding carboxylic acids is 1. The van der Waals surface area contributed by atoms with Crippen LogP contribution in [0.3, 0.4) is 0 Å². The Hall–Kier alpha value is -3.47. The molecule has 0 spiro atoms. The normalized spacial score (nSPS) is 29.0. The van der Waals surface area contributed by atoms with Crippen molar-refractivity contribution >= 4 is 23.4 Å². The van der Waals surface area contributed by atoms with Gasteiger partial charge in [-0.05, 0) is 112 Å². The number of aryl methyl sites for hydroxylation is 1. The summed E-state index contributed by atoms with van der Waals surface area (Å²) in [5, 5.41) is 11.0. The Bertz CT molecular complexity index is 1430. The standard InChI is InChI=1S/C33H36N4O/c1-21-30(23(3)36(34-21)20-24-7-5-4-6-8-24)16-31-22(2)35-37(32(31)38)29-11-9-28(10-12-29)33-17-25-13-26(18-33)15-27(14-25)19-33/h4-12,16,25-27H,13-15,17-20H2,1-3H3/b31-16+. The van der Waals surface area contributed by atoms with Gasteiger partial charge < -0.3 is 0 Å². The van der Waals surface area contributed by atoms with Crippen LogP contribution in [0.4, 0.5) is 5.69 Å². The third-order valence-electron chi connectivity index (χ3n) is 9.73. The van der Waals surface area contributed by atoms with Gasteiger partial charge >= 0.3 is 0 Å². The fourth-order valence-electron chi connectivity index (χ4n) is 8.25. The van der Waals surface area contributed by atoms with E-state index in [1.807, 2.05) is 42.8 Å². The van der Waals surface area contributed by atoms with Crippen molar-refractivity contribution in [3.63, 3.8) is 0 Å². The van der Waals surface area contributed by atoms with E-state index in [-0.39, 0.29) is 5.91 Å². The second kappa shape index (κ2) is 8.79. The quantitative estimate of drug-likeness (QED) is 0.358. The predicted octanol–water partition coefficient (Wildman–Crippen LogP) is 6.82. The topological polar surface area (TPSA) is 50.5 Å². The number of carbonyl (C=O) groups is 1. The predicted molar refractivity (Wildman–Crippen MR) is 152 cm³/mol. The molecule has 1 amide bonds. The van der Waals surface area contributed by atoms with Crippen LogP contribution in [-0.4, -0.2) is 21.4 Å². The molecule has 38 heavy (non-hydrogen) atoms. The average Bonchev–Trinajstić information content (AvgIpc) is 3.33. The van der Waals surface area contributed by atoms with Crippen LogP contribution < -0.4 is 5.01 Å². The van der Waals surface area contributed by atoms with E-state index in [2.05, 4.69) is 48.4 Å². The van der Waals surface area contributed by atoms with E-state index in [0.29, 0.717) is 17.5 Å². The molecule has 0 radical (unpaired) electrons. The second-order valence-electron chi connectivity index (χ2n) is 12.3. The van der Waals surface area contributed by atoms with E-state index < -0.39 is 0 Å². The lowest BCUT2D eigenvalue weighted by atomic mass is 9.48. The van der Waals surface area contributed by atoms with Crippen molar-refractivity contribution < 1.29 is 4.79 Å². The largest absolute Gasteiger partial charge is 0.280 e. The molecular formula is C33H36N4O. The maximum absolute atomic E-state index is 13.6. The Balaban J connectivity index is 1.13. The number of aromatic nitrogens is 2. The van der Waals surface area contributed by atoms with Crippen LogP contribution in [0.25, 0.3) is 6.08 Å². The van der Waals surface area contributed by atoms with Crippen molar-refractivity contribution in [1.29, 1.82) is 0 Å². The van der Waals surface area contributed by atoms with E-state index >= 15 is 0 Å². The Morgan fingerprint density at radius 3 is 2.16 bits per heavy atom. The van der Waals surface area contributed by atoms with Gasteiger partial charge in [-0.2, -0.15) is 15.2 Å². The van der Waals surface area contributed by atoms with Crippen LogP contribution in [0, 0.1) is 31.6 Å². The SMILES string of the molecule is CC1=NN(c2ccc(C34CC5CC(CC(C5)C3)C4)cc2)C(=O)/C1=C/c1c(C)nn(Cc2ccccc2)c1C. The van der Waals surface area contributed by atoms with Gasteiger partial charge in [0.1, 0.15) is 0 Å². The zero-order valence-electron chi connectivity index (χ0n) is 22.7. The lowest BCUT2D eigenvalue weighted by molar-refractivity contribution is -0.114. The molecule has 8 rings (SSSR count). The van der Waals surface area contributed by atoms with E-state index in [9.17, 15) is 4.79 Å². The van der Waals surface area contributed by atoms with Crippen molar-refractivity contribution in [3.8, 4) is 0 Å². The van der Waals surface area contributed by atoms with Gasteiger partial charge in [-0.25, -0.2) is 0 Å². The van der Waals surface area contributed by atoms with Crippen molar-refractivity contribution in [2.75, 3.05) is 5.01 Å². The van der Waals surface area contributed by atoms with Crippen LogP contribution in [-0.2, 0) is 16.8 Å². The number of hydrazone groups is 1. The molecule has 5 aliphatic rings. The molecule has 0 N–H and O–H groups in total. The minimum Gasteiger partial charge on any atom is -0.267 e. The van der Waals surface area contributed by atoms with Crippen molar-refractivity contribution in [3.05, 3.63) is 88.2 Å². The van der Waals surface area contributed by atoms with Crippen LogP contribution in [0.2, 0.25) is 0 Å². The van der Waals surface area contributed by atoms with Gasteiger partial charge in [0.2, 0.25) is 0 Å². The molecule has 3 aromatic rings. The summed E-state index contributed by atoms with van der Waals surface area (Å²) >= 11 is 0. The zero-order chi connectivity index (χ0) is 26.0. The van der Waals surface area contributed by atoms with Gasteiger partial charge in [0, 0.05) is 11.3 Å². The zero-order valence-corrected chi connectivity index (χ0v) is 22.7. The fraction of sp³-hybridized carbons (Fsp3) is 0.424. The van der Waals surface area contributed by atoms with Crippen LogP contribution in [0.5, 0.6) is 0 Å². The third kappa shape index (κ3) is 3.86. The first-order valence-corrected chi connectivity index (χ1v) is 14.2. The third-order valence-corrected chi connectivity index (χ3v) is 9.73. The number of benzene rings is 2. The lowest BCUT2D eigenvalue weighted by Crippen LogP contribution is -2.48. The van der Waals surface area contributed by atoms with Gasteiger partial charge in [0.25, 0.3) is 5.91 Å². The maximum Gasteiger partial charge on any atom is 0.280 e. The summed E-state index contributed by atoms with van der Waals surface area (Å²) in [5.74, 6) is 2.69. The molecule has 2 heterocycles. The molecule has 2 aromatic carbocycles. The lowest BCUT2D eigenvalue weighted by Gasteiger charge is -2.57. The fourth-order valence-corrected chi connectivity index (χ4v) is 8.25. The molecule has 4 bridgehead atoms. The van der Waals surface area contributed by atoms with Crippen LogP contribution in [0.15, 0.2) is 65.3 Å². The van der Waals surface area contributed by atoms with Crippen LogP contribution in [0.1, 0.15) is 73.5 Å². The first-order valence-electron chi connectivity index (χ1n) is 14.2.